The molecule has 1 N–H and O–H groups in total. The molecule has 1 atom stereocenters. The van der Waals surface area contributed by atoms with E-state index < -0.39 is 0 Å². The van der Waals surface area contributed by atoms with Crippen LogP contribution in [0.4, 0.5) is 0 Å². The van der Waals surface area contributed by atoms with Crippen LogP contribution < -0.4 is 10.9 Å². The number of nitrogens with one attached hydrogen (secondary N) is 1. The first kappa shape index (κ1) is 19.3. The van der Waals surface area contributed by atoms with Crippen LogP contribution >= 0.6 is 12.4 Å². The summed E-state index contributed by atoms with van der Waals surface area (Å²) < 4.78 is 1.29. The second-order valence-electron chi connectivity index (χ2n) is 6.12. The largest absolute Gasteiger partial charge is 0.338 e. The van der Waals surface area contributed by atoms with E-state index >= 15 is 0 Å². The van der Waals surface area contributed by atoms with Crippen LogP contribution in [0.2, 0.25) is 0 Å². The molecule has 1 unspecified atom stereocenters. The fraction of sp³-hybridized carbons (Fsp3) is 0.529. The highest BCUT2D eigenvalue weighted by Crippen LogP contribution is 2.11. The molecule has 136 valence electrons. The molecule has 0 aliphatic carbocycles. The third-order valence-corrected chi connectivity index (χ3v) is 4.43. The van der Waals surface area contributed by atoms with Crippen molar-refractivity contribution in [2.45, 2.75) is 38.8 Å². The quantitative estimate of drug-likeness (QED) is 0.832. The van der Waals surface area contributed by atoms with Crippen LogP contribution in [0.5, 0.6) is 0 Å². The Morgan fingerprint density at radius 1 is 1.40 bits per heavy atom. The topological polar surface area (TPSA) is 80.1 Å². The lowest BCUT2D eigenvalue weighted by molar-refractivity contribution is -0.133. The molecule has 8 heteroatoms. The number of benzene rings is 1. The van der Waals surface area contributed by atoms with Crippen LogP contribution in [-0.2, 0) is 11.3 Å². The Labute approximate surface area is 152 Å². The van der Waals surface area contributed by atoms with E-state index in [4.69, 9.17) is 0 Å². The van der Waals surface area contributed by atoms with Crippen LogP contribution in [0.15, 0.2) is 29.1 Å². The first-order chi connectivity index (χ1) is 11.7. The third kappa shape index (κ3) is 4.35. The predicted octanol–water partition coefficient (Wildman–Crippen LogP) is 1.20. The number of nitrogens with zero attached hydrogens (tertiary/aromatic N) is 4. The Hall–Kier alpha value is -1.99. The average Bonchev–Trinajstić information content (AvgIpc) is 3.13. The first-order valence-corrected chi connectivity index (χ1v) is 8.53. The molecule has 1 amide bonds. The van der Waals surface area contributed by atoms with Gasteiger partial charge >= 0.3 is 0 Å². The molecule has 1 aliphatic heterocycles. The maximum absolute atomic E-state index is 12.6. The Kier molecular flexibility index (Phi) is 6.90. The predicted molar refractivity (Wildman–Crippen MR) is 98.9 cm³/mol. The fourth-order valence-electron chi connectivity index (χ4n) is 3.17. The van der Waals surface area contributed by atoms with Gasteiger partial charge in [0.1, 0.15) is 5.52 Å². The van der Waals surface area contributed by atoms with Crippen molar-refractivity contribution in [1.29, 1.82) is 0 Å². The van der Waals surface area contributed by atoms with Crippen molar-refractivity contribution in [3.8, 4) is 0 Å². The van der Waals surface area contributed by atoms with Crippen molar-refractivity contribution in [1.82, 2.24) is 25.2 Å². The Morgan fingerprint density at radius 2 is 2.20 bits per heavy atom. The normalized spacial score (nSPS) is 16.6. The summed E-state index contributed by atoms with van der Waals surface area (Å²) in [6, 6.07) is 7.38. The van der Waals surface area contributed by atoms with E-state index in [1.807, 2.05) is 11.0 Å². The van der Waals surface area contributed by atoms with Crippen LogP contribution in [0.3, 0.4) is 0 Å². The minimum Gasteiger partial charge on any atom is -0.338 e. The number of aromatic nitrogens is 3. The zero-order chi connectivity index (χ0) is 16.9. The molecule has 2 aromatic rings. The first-order valence-electron chi connectivity index (χ1n) is 8.53. The van der Waals surface area contributed by atoms with E-state index in [-0.39, 0.29) is 42.9 Å². The van der Waals surface area contributed by atoms with Gasteiger partial charge in [-0.25, -0.2) is 4.68 Å². The maximum atomic E-state index is 12.6. The van der Waals surface area contributed by atoms with Crippen molar-refractivity contribution in [3.05, 3.63) is 34.6 Å². The van der Waals surface area contributed by atoms with Gasteiger partial charge in [0, 0.05) is 25.6 Å². The number of aryl methyl sites for hydroxylation is 1. The van der Waals surface area contributed by atoms with Crippen LogP contribution in [0.1, 0.15) is 26.2 Å². The second-order valence-corrected chi connectivity index (χ2v) is 6.12. The summed E-state index contributed by atoms with van der Waals surface area (Å²) in [5.41, 5.74) is 0.382. The minimum absolute atomic E-state index is 0. The number of hydrogen-bond acceptors (Lipinski definition) is 5. The van der Waals surface area contributed by atoms with E-state index in [1.165, 1.54) is 4.68 Å². The lowest BCUT2D eigenvalue weighted by Crippen LogP contribution is -2.42. The van der Waals surface area contributed by atoms with Gasteiger partial charge in [0.15, 0.2) is 0 Å². The van der Waals surface area contributed by atoms with Gasteiger partial charge in [-0.2, -0.15) is 0 Å². The van der Waals surface area contributed by atoms with Gasteiger partial charge < -0.3 is 10.2 Å². The molecular weight excluding hydrogens is 342 g/mol. The summed E-state index contributed by atoms with van der Waals surface area (Å²) in [4.78, 5) is 27.0. The van der Waals surface area contributed by atoms with Crippen molar-refractivity contribution >= 4 is 29.2 Å². The molecule has 1 aromatic heterocycles. The molecule has 1 fully saturated rings. The zero-order valence-electron chi connectivity index (χ0n) is 14.4. The highest BCUT2D eigenvalue weighted by atomic mass is 35.5. The van der Waals surface area contributed by atoms with E-state index in [1.54, 1.807) is 18.2 Å². The summed E-state index contributed by atoms with van der Waals surface area (Å²) >= 11 is 0. The molecular formula is C17H24ClN5O2. The molecule has 2 heterocycles. The minimum atomic E-state index is -0.196. The van der Waals surface area contributed by atoms with Gasteiger partial charge in [0.2, 0.25) is 5.91 Å². The molecule has 0 bridgehead atoms. The summed E-state index contributed by atoms with van der Waals surface area (Å²) in [6.07, 6.45) is 2.18. The smallest absolute Gasteiger partial charge is 0.277 e. The monoisotopic (exact) mass is 365 g/mol. The number of rotatable bonds is 6. The van der Waals surface area contributed by atoms with Crippen molar-refractivity contribution in [2.24, 2.45) is 0 Å². The maximum Gasteiger partial charge on any atom is 0.277 e. The van der Waals surface area contributed by atoms with Crippen molar-refractivity contribution < 1.29 is 4.79 Å². The van der Waals surface area contributed by atoms with Crippen LogP contribution in [-0.4, -0.2) is 51.5 Å². The lowest BCUT2D eigenvalue weighted by atomic mass is 10.2. The van der Waals surface area contributed by atoms with Gasteiger partial charge in [0.25, 0.3) is 5.56 Å². The Balaban J connectivity index is 0.00000225. The Bertz CT molecular complexity index is 773. The summed E-state index contributed by atoms with van der Waals surface area (Å²) in [6.45, 7) is 4.89. The van der Waals surface area contributed by atoms with E-state index in [2.05, 4.69) is 22.6 Å². The molecule has 0 spiro atoms. The molecule has 1 aromatic carbocycles. The number of halogens is 1. The van der Waals surface area contributed by atoms with Gasteiger partial charge in [0.05, 0.1) is 11.9 Å². The lowest BCUT2D eigenvalue weighted by Gasteiger charge is -2.28. The standard InChI is InChI=1S/C17H23N5O2.ClH/c1-2-10-21(13-7-9-18-12-13)16(23)8-11-22-17(24)14-5-3-4-6-15(14)19-20-22;/h3-6,13,18H,2,7-12H2,1H3;1H. The number of fused-ring (bicyclic) bond motifs is 1. The summed E-state index contributed by atoms with van der Waals surface area (Å²) in [5, 5.41) is 11.8. The third-order valence-electron chi connectivity index (χ3n) is 4.43. The van der Waals surface area contributed by atoms with Gasteiger partial charge in [-0.1, -0.05) is 24.3 Å². The summed E-state index contributed by atoms with van der Waals surface area (Å²) in [5.74, 6) is 0.0763. The number of hydrogen-bond donors (Lipinski definition) is 1. The average molecular weight is 366 g/mol. The van der Waals surface area contributed by atoms with Crippen LogP contribution in [0, 0.1) is 0 Å². The molecule has 3 rings (SSSR count). The molecule has 0 saturated carbocycles. The highest BCUT2D eigenvalue weighted by molar-refractivity contribution is 5.85. The van der Waals surface area contributed by atoms with Gasteiger partial charge in [-0.05, 0) is 31.5 Å². The number of amides is 1. The fourth-order valence-corrected chi connectivity index (χ4v) is 3.17. The SMILES string of the molecule is CCCN(C(=O)CCn1nnc2ccccc2c1=O)C1CCNC1.Cl. The molecule has 25 heavy (non-hydrogen) atoms. The van der Waals surface area contributed by atoms with E-state index in [0.29, 0.717) is 10.9 Å². The van der Waals surface area contributed by atoms with Gasteiger partial charge in [-0.15, -0.1) is 17.5 Å². The number of carbonyl (C=O) groups excluding carboxylic acids is 1. The van der Waals surface area contributed by atoms with Crippen LogP contribution in [0.25, 0.3) is 10.9 Å². The highest BCUT2D eigenvalue weighted by Gasteiger charge is 2.25. The van der Waals surface area contributed by atoms with E-state index in [9.17, 15) is 9.59 Å². The number of carbonyl (C=O) groups is 1. The zero-order valence-corrected chi connectivity index (χ0v) is 15.2. The second kappa shape index (κ2) is 8.92. The molecule has 0 radical (unpaired) electrons. The van der Waals surface area contributed by atoms with Crippen molar-refractivity contribution in [2.75, 3.05) is 19.6 Å². The Morgan fingerprint density at radius 3 is 2.92 bits per heavy atom. The molecule has 1 saturated heterocycles. The molecule has 7 nitrogen and oxygen atoms in total. The van der Waals surface area contributed by atoms with Gasteiger partial charge in [-0.3, -0.25) is 9.59 Å². The summed E-state index contributed by atoms with van der Waals surface area (Å²) in [7, 11) is 0. The van der Waals surface area contributed by atoms with E-state index in [0.717, 1.165) is 32.5 Å². The van der Waals surface area contributed by atoms with Crippen molar-refractivity contribution in [3.63, 3.8) is 0 Å². The molecule has 1 aliphatic rings.